The second-order valence-electron chi connectivity index (χ2n) is 6.56. The SMILES string of the molecule is CCCCC/C=C/[C@@H](OC)[C@H]1CCCC[C@@]12CCC2=O. The second kappa shape index (κ2) is 7.40. The van der Waals surface area contributed by atoms with Gasteiger partial charge in [0, 0.05) is 24.9 Å². The molecule has 0 N–H and O–H groups in total. The number of ketones is 1. The summed E-state index contributed by atoms with van der Waals surface area (Å²) in [5, 5.41) is 0. The van der Waals surface area contributed by atoms with Crippen LogP contribution in [0.25, 0.3) is 0 Å². The van der Waals surface area contributed by atoms with Gasteiger partial charge >= 0.3 is 0 Å². The van der Waals surface area contributed by atoms with Gasteiger partial charge in [0.25, 0.3) is 0 Å². The summed E-state index contributed by atoms with van der Waals surface area (Å²) < 4.78 is 5.74. The summed E-state index contributed by atoms with van der Waals surface area (Å²) in [6.45, 7) is 2.23. The highest BCUT2D eigenvalue weighted by atomic mass is 16.5. The van der Waals surface area contributed by atoms with Crippen molar-refractivity contribution in [3.05, 3.63) is 12.2 Å². The van der Waals surface area contributed by atoms with Gasteiger partial charge in [0.2, 0.25) is 0 Å². The van der Waals surface area contributed by atoms with Crippen molar-refractivity contribution in [3.63, 3.8) is 0 Å². The minimum Gasteiger partial charge on any atom is -0.377 e. The first-order valence-corrected chi connectivity index (χ1v) is 8.47. The van der Waals surface area contributed by atoms with Crippen molar-refractivity contribution in [1.82, 2.24) is 0 Å². The summed E-state index contributed by atoms with van der Waals surface area (Å²) in [6.07, 6.45) is 16.2. The van der Waals surface area contributed by atoms with E-state index >= 15 is 0 Å². The van der Waals surface area contributed by atoms with E-state index in [-0.39, 0.29) is 11.5 Å². The Balaban J connectivity index is 1.96. The molecule has 0 radical (unpaired) electrons. The zero-order chi connectivity index (χ0) is 14.4. The molecule has 114 valence electrons. The van der Waals surface area contributed by atoms with Crippen LogP contribution in [0.3, 0.4) is 0 Å². The van der Waals surface area contributed by atoms with E-state index < -0.39 is 0 Å². The lowest BCUT2D eigenvalue weighted by molar-refractivity contribution is -0.151. The van der Waals surface area contributed by atoms with Crippen molar-refractivity contribution < 1.29 is 9.53 Å². The molecule has 0 amide bonds. The summed E-state index contributed by atoms with van der Waals surface area (Å²) >= 11 is 0. The van der Waals surface area contributed by atoms with E-state index in [0.717, 1.165) is 32.1 Å². The molecule has 0 aromatic carbocycles. The molecule has 0 bridgehead atoms. The third kappa shape index (κ3) is 3.16. The molecule has 0 aliphatic heterocycles. The number of unbranched alkanes of at least 4 members (excludes halogenated alkanes) is 3. The summed E-state index contributed by atoms with van der Waals surface area (Å²) in [5.41, 5.74) is -0.0211. The molecule has 2 aliphatic rings. The van der Waals surface area contributed by atoms with Gasteiger partial charge in [-0.05, 0) is 32.1 Å². The number of rotatable bonds is 7. The van der Waals surface area contributed by atoms with E-state index in [1.807, 2.05) is 0 Å². The van der Waals surface area contributed by atoms with Gasteiger partial charge in [-0.25, -0.2) is 0 Å². The van der Waals surface area contributed by atoms with Crippen molar-refractivity contribution in [3.8, 4) is 0 Å². The average molecular weight is 278 g/mol. The quantitative estimate of drug-likeness (QED) is 0.499. The molecule has 2 aliphatic carbocycles. The van der Waals surface area contributed by atoms with Gasteiger partial charge in [0.05, 0.1) is 6.10 Å². The van der Waals surface area contributed by atoms with Crippen LogP contribution >= 0.6 is 0 Å². The minimum absolute atomic E-state index is 0.0211. The molecule has 2 nitrogen and oxygen atoms in total. The maximum Gasteiger partial charge on any atom is 0.139 e. The Bertz CT molecular complexity index is 347. The van der Waals surface area contributed by atoms with Crippen LogP contribution < -0.4 is 0 Å². The molecule has 1 spiro atoms. The molecule has 0 aromatic rings. The van der Waals surface area contributed by atoms with Crippen LogP contribution in [0.5, 0.6) is 0 Å². The molecule has 0 aromatic heterocycles. The molecular formula is C18H30O2. The van der Waals surface area contributed by atoms with Gasteiger partial charge in [-0.1, -0.05) is 44.8 Å². The molecule has 0 heterocycles. The number of carbonyl (C=O) groups is 1. The normalized spacial score (nSPS) is 31.7. The van der Waals surface area contributed by atoms with Crippen LogP contribution in [-0.2, 0) is 9.53 Å². The van der Waals surface area contributed by atoms with Crippen LogP contribution in [0.15, 0.2) is 12.2 Å². The minimum atomic E-state index is -0.0211. The van der Waals surface area contributed by atoms with Crippen LogP contribution in [-0.4, -0.2) is 19.0 Å². The van der Waals surface area contributed by atoms with Gasteiger partial charge in [-0.2, -0.15) is 0 Å². The lowest BCUT2D eigenvalue weighted by Gasteiger charge is -2.50. The predicted octanol–water partition coefficient (Wildman–Crippen LogP) is 4.68. The first-order valence-electron chi connectivity index (χ1n) is 8.47. The van der Waals surface area contributed by atoms with Gasteiger partial charge in [-0.3, -0.25) is 4.79 Å². The molecular weight excluding hydrogens is 248 g/mol. The fourth-order valence-corrected chi connectivity index (χ4v) is 4.07. The summed E-state index contributed by atoms with van der Waals surface area (Å²) in [5.74, 6) is 0.925. The van der Waals surface area contributed by atoms with Crippen molar-refractivity contribution in [2.75, 3.05) is 7.11 Å². The van der Waals surface area contributed by atoms with Crippen LogP contribution in [0.4, 0.5) is 0 Å². The Morgan fingerprint density at radius 2 is 2.20 bits per heavy atom. The van der Waals surface area contributed by atoms with E-state index in [2.05, 4.69) is 19.1 Å². The smallest absolute Gasteiger partial charge is 0.139 e. The highest BCUT2D eigenvalue weighted by Gasteiger charge is 2.54. The van der Waals surface area contributed by atoms with Crippen LogP contribution in [0, 0.1) is 11.3 Å². The fraction of sp³-hybridized carbons (Fsp3) is 0.833. The summed E-state index contributed by atoms with van der Waals surface area (Å²) in [7, 11) is 1.80. The number of carbonyl (C=O) groups excluding carboxylic acids is 1. The van der Waals surface area contributed by atoms with Gasteiger partial charge in [0.1, 0.15) is 5.78 Å². The lowest BCUT2D eigenvalue weighted by Crippen LogP contribution is -2.52. The average Bonchev–Trinajstić information content (AvgIpc) is 2.49. The zero-order valence-corrected chi connectivity index (χ0v) is 13.2. The number of methoxy groups -OCH3 is 1. The van der Waals surface area contributed by atoms with E-state index in [1.54, 1.807) is 7.11 Å². The number of allylic oxidation sites excluding steroid dienone is 1. The van der Waals surface area contributed by atoms with Crippen molar-refractivity contribution in [2.24, 2.45) is 11.3 Å². The van der Waals surface area contributed by atoms with Gasteiger partial charge in [0.15, 0.2) is 0 Å². The molecule has 3 atom stereocenters. The van der Waals surface area contributed by atoms with Crippen LogP contribution in [0.1, 0.15) is 71.1 Å². The maximum atomic E-state index is 12.2. The molecule has 2 rings (SSSR count). The maximum absolute atomic E-state index is 12.2. The molecule has 2 saturated carbocycles. The Morgan fingerprint density at radius 3 is 2.80 bits per heavy atom. The van der Waals surface area contributed by atoms with Gasteiger partial charge in [-0.15, -0.1) is 0 Å². The van der Waals surface area contributed by atoms with Crippen molar-refractivity contribution in [2.45, 2.75) is 77.2 Å². The zero-order valence-electron chi connectivity index (χ0n) is 13.2. The van der Waals surface area contributed by atoms with Crippen LogP contribution in [0.2, 0.25) is 0 Å². The number of ether oxygens (including phenoxy) is 1. The Labute approximate surface area is 124 Å². The highest BCUT2D eigenvalue weighted by molar-refractivity contribution is 5.91. The largest absolute Gasteiger partial charge is 0.377 e. The predicted molar refractivity (Wildman–Crippen MR) is 82.7 cm³/mol. The van der Waals surface area contributed by atoms with Crippen molar-refractivity contribution >= 4 is 5.78 Å². The molecule has 2 fully saturated rings. The fourth-order valence-electron chi connectivity index (χ4n) is 4.07. The Morgan fingerprint density at radius 1 is 1.35 bits per heavy atom. The Hall–Kier alpha value is -0.630. The first-order chi connectivity index (χ1) is 9.74. The monoisotopic (exact) mass is 278 g/mol. The second-order valence-corrected chi connectivity index (χ2v) is 6.56. The number of Topliss-reactive ketones (excluding diaryl/α,β-unsaturated/α-hetero) is 1. The molecule has 20 heavy (non-hydrogen) atoms. The molecule has 2 heteroatoms. The van der Waals surface area contributed by atoms with E-state index in [9.17, 15) is 4.79 Å². The van der Waals surface area contributed by atoms with E-state index in [4.69, 9.17) is 4.74 Å². The number of hydrogen-bond acceptors (Lipinski definition) is 2. The topological polar surface area (TPSA) is 26.3 Å². The highest BCUT2D eigenvalue weighted by Crippen LogP contribution is 2.54. The summed E-state index contributed by atoms with van der Waals surface area (Å²) in [4.78, 5) is 12.2. The lowest BCUT2D eigenvalue weighted by atomic mass is 9.53. The molecule has 0 unspecified atom stereocenters. The molecule has 0 saturated heterocycles. The van der Waals surface area contributed by atoms with Crippen molar-refractivity contribution in [1.29, 1.82) is 0 Å². The van der Waals surface area contributed by atoms with E-state index in [0.29, 0.717) is 11.7 Å². The number of hydrogen-bond donors (Lipinski definition) is 0. The first kappa shape index (κ1) is 15.8. The third-order valence-corrected chi connectivity index (χ3v) is 5.42. The third-order valence-electron chi connectivity index (χ3n) is 5.42. The summed E-state index contributed by atoms with van der Waals surface area (Å²) in [6, 6.07) is 0. The van der Waals surface area contributed by atoms with Gasteiger partial charge < -0.3 is 4.74 Å². The Kier molecular flexibility index (Phi) is 5.83. The standard InChI is InChI=1S/C18H30O2/c1-3-4-5-6-7-11-16(20-2)15-10-8-9-13-18(15)14-12-17(18)19/h7,11,15-16H,3-6,8-10,12-14H2,1-2H3/b11-7+/t15-,16-,18-/m1/s1. The van der Waals surface area contributed by atoms with E-state index in [1.165, 1.54) is 32.1 Å².